The molecule has 0 aliphatic carbocycles. The number of fused-ring (bicyclic) bond motifs is 1. The lowest BCUT2D eigenvalue weighted by Crippen LogP contribution is -2.29. The smallest absolute Gasteiger partial charge is 0.269 e. The Labute approximate surface area is 269 Å². The fraction of sp³-hybridized carbons (Fsp3) is 0. The molecule has 6 rings (SSSR count). The number of nitro groups is 2. The Bertz CT molecular complexity index is 2030. The van der Waals surface area contributed by atoms with Crippen molar-refractivity contribution in [1.29, 1.82) is 0 Å². The fourth-order valence-corrected chi connectivity index (χ4v) is 6.34. The summed E-state index contributed by atoms with van der Waals surface area (Å²) in [5.74, 6) is -1.52. The minimum absolute atomic E-state index is 0.0119. The molecule has 11 nitrogen and oxygen atoms in total. The van der Waals surface area contributed by atoms with Crippen molar-refractivity contribution in [2.75, 3.05) is 10.2 Å². The van der Waals surface area contributed by atoms with Gasteiger partial charge in [-0.15, -0.1) is 0 Å². The van der Waals surface area contributed by atoms with Gasteiger partial charge in [-0.2, -0.15) is 0 Å². The molecule has 0 saturated heterocycles. The molecule has 0 fully saturated rings. The lowest BCUT2D eigenvalue weighted by atomic mass is 10.1. The molecule has 0 radical (unpaired) electrons. The van der Waals surface area contributed by atoms with Crippen molar-refractivity contribution < 1.29 is 24.2 Å². The fourth-order valence-electron chi connectivity index (χ4n) is 4.66. The van der Waals surface area contributed by atoms with E-state index >= 15 is 0 Å². The van der Waals surface area contributed by atoms with Gasteiger partial charge < -0.3 is 5.32 Å². The molecule has 1 N–H and O–H groups in total. The molecule has 5 aromatic rings. The lowest BCUT2D eigenvalue weighted by molar-refractivity contribution is -0.385. The first kappa shape index (κ1) is 30.2. The van der Waals surface area contributed by atoms with Crippen molar-refractivity contribution in [2.24, 2.45) is 0 Å². The highest BCUT2D eigenvalue weighted by Gasteiger charge is 2.37. The highest BCUT2D eigenvalue weighted by atomic mass is 32.2. The SMILES string of the molecule is O=C(Nc1ccc(Sc2ccc([N+](=O)[O-])cc2)cc1)c1ccc2c(c1)C(=O)N(c1cccc(Sc3ccc([N+](=O)[O-])cc3)c1)C2=O. The summed E-state index contributed by atoms with van der Waals surface area (Å²) in [4.78, 5) is 64.8. The first-order valence-corrected chi connectivity index (χ1v) is 15.2. The monoisotopic (exact) mass is 648 g/mol. The Kier molecular flexibility index (Phi) is 8.33. The summed E-state index contributed by atoms with van der Waals surface area (Å²) in [5.41, 5.74) is 1.36. The number of nitro benzene ring substituents is 2. The predicted molar refractivity (Wildman–Crippen MR) is 173 cm³/mol. The first-order chi connectivity index (χ1) is 22.2. The number of hydrogen-bond acceptors (Lipinski definition) is 9. The maximum absolute atomic E-state index is 13.4. The molecular weight excluding hydrogens is 629 g/mol. The Hall–Kier alpha value is -5.79. The van der Waals surface area contributed by atoms with Crippen molar-refractivity contribution in [3.63, 3.8) is 0 Å². The van der Waals surface area contributed by atoms with E-state index in [0.29, 0.717) is 11.4 Å². The van der Waals surface area contributed by atoms with E-state index in [9.17, 15) is 34.6 Å². The van der Waals surface area contributed by atoms with Crippen LogP contribution in [0.1, 0.15) is 31.1 Å². The molecule has 0 bridgehead atoms. The van der Waals surface area contributed by atoms with Gasteiger partial charge in [-0.05, 0) is 84.9 Å². The number of non-ortho nitro benzene ring substituents is 2. The van der Waals surface area contributed by atoms with E-state index in [4.69, 9.17) is 0 Å². The van der Waals surface area contributed by atoms with Crippen molar-refractivity contribution in [1.82, 2.24) is 0 Å². The van der Waals surface area contributed by atoms with E-state index < -0.39 is 27.6 Å². The summed E-state index contributed by atoms with van der Waals surface area (Å²) in [5, 5.41) is 24.6. The van der Waals surface area contributed by atoms with E-state index in [1.165, 1.54) is 66.0 Å². The quantitative estimate of drug-likeness (QED) is 0.0956. The Morgan fingerprint density at radius 2 is 1.13 bits per heavy atom. The minimum atomic E-state index is -0.556. The molecule has 5 aromatic carbocycles. The van der Waals surface area contributed by atoms with Gasteiger partial charge in [0.25, 0.3) is 29.1 Å². The third kappa shape index (κ3) is 6.36. The summed E-state index contributed by atoms with van der Waals surface area (Å²) in [6.07, 6.45) is 0. The second-order valence-electron chi connectivity index (χ2n) is 9.89. The van der Waals surface area contributed by atoms with Crippen molar-refractivity contribution >= 4 is 64.0 Å². The molecule has 13 heteroatoms. The predicted octanol–water partition coefficient (Wildman–Crippen LogP) is 7.86. The number of benzene rings is 5. The zero-order valence-electron chi connectivity index (χ0n) is 23.5. The van der Waals surface area contributed by atoms with Crippen molar-refractivity contribution in [3.8, 4) is 0 Å². The van der Waals surface area contributed by atoms with Crippen LogP contribution >= 0.6 is 23.5 Å². The molecule has 1 aliphatic rings. The number of hydrogen-bond donors (Lipinski definition) is 1. The maximum atomic E-state index is 13.4. The molecule has 0 unspecified atom stereocenters. The maximum Gasteiger partial charge on any atom is 0.269 e. The molecule has 0 spiro atoms. The standard InChI is InChI=1S/C33H20N4O7S2/c38-31(34-21-5-11-25(12-6-21)45-26-13-7-22(8-14-26)36(41)42)20-4-17-29-30(18-20)33(40)35(32(29)39)24-2-1-3-28(19-24)46-27-15-9-23(10-16-27)37(43)44/h1-19H,(H,34,38). The zero-order chi connectivity index (χ0) is 32.4. The van der Waals surface area contributed by atoms with Crippen LogP contribution in [0.5, 0.6) is 0 Å². The number of carbonyl (C=O) groups excluding carboxylic acids is 3. The molecular formula is C33H20N4O7S2. The lowest BCUT2D eigenvalue weighted by Gasteiger charge is -2.15. The summed E-state index contributed by atoms with van der Waals surface area (Å²) < 4.78 is 0. The number of nitrogens with one attached hydrogen (secondary N) is 1. The van der Waals surface area contributed by atoms with Gasteiger partial charge in [-0.1, -0.05) is 29.6 Å². The van der Waals surface area contributed by atoms with Crippen LogP contribution in [-0.4, -0.2) is 27.6 Å². The van der Waals surface area contributed by atoms with Gasteiger partial charge in [0.05, 0.1) is 26.7 Å². The van der Waals surface area contributed by atoms with E-state index in [2.05, 4.69) is 5.32 Å². The number of imide groups is 1. The molecule has 0 saturated carbocycles. The van der Waals surface area contributed by atoms with Gasteiger partial charge in [0, 0.05) is 55.1 Å². The molecule has 46 heavy (non-hydrogen) atoms. The largest absolute Gasteiger partial charge is 0.322 e. The van der Waals surface area contributed by atoms with Gasteiger partial charge in [-0.3, -0.25) is 34.6 Å². The Morgan fingerprint density at radius 1 is 0.609 bits per heavy atom. The molecule has 1 heterocycles. The van der Waals surface area contributed by atoms with E-state index in [-0.39, 0.29) is 28.1 Å². The molecule has 0 aromatic heterocycles. The summed E-state index contributed by atoms with van der Waals surface area (Å²) >= 11 is 2.74. The second-order valence-corrected chi connectivity index (χ2v) is 12.2. The van der Waals surface area contributed by atoms with Crippen molar-refractivity contribution in [3.05, 3.63) is 152 Å². The normalized spacial score (nSPS) is 12.1. The van der Waals surface area contributed by atoms with Gasteiger partial charge in [0.2, 0.25) is 0 Å². The van der Waals surface area contributed by atoms with Crippen LogP contribution in [0.15, 0.2) is 135 Å². The highest BCUT2D eigenvalue weighted by Crippen LogP contribution is 2.35. The van der Waals surface area contributed by atoms with Crippen LogP contribution in [0.2, 0.25) is 0 Å². The van der Waals surface area contributed by atoms with Crippen LogP contribution < -0.4 is 10.2 Å². The number of carbonyl (C=O) groups is 3. The minimum Gasteiger partial charge on any atom is -0.322 e. The second kappa shape index (κ2) is 12.7. The van der Waals surface area contributed by atoms with Gasteiger partial charge in [-0.25, -0.2) is 4.90 Å². The van der Waals surface area contributed by atoms with Gasteiger partial charge in [0.1, 0.15) is 0 Å². The average molecular weight is 649 g/mol. The summed E-state index contributed by atoms with van der Waals surface area (Å²) in [7, 11) is 0. The van der Waals surface area contributed by atoms with Gasteiger partial charge >= 0.3 is 0 Å². The van der Waals surface area contributed by atoms with E-state index in [0.717, 1.165) is 24.5 Å². The van der Waals surface area contributed by atoms with Crippen molar-refractivity contribution in [2.45, 2.75) is 19.6 Å². The highest BCUT2D eigenvalue weighted by molar-refractivity contribution is 7.99. The average Bonchev–Trinajstić information content (AvgIpc) is 3.31. The molecule has 1 aliphatic heterocycles. The third-order valence-electron chi connectivity index (χ3n) is 6.90. The van der Waals surface area contributed by atoms with E-state index in [1.54, 1.807) is 72.8 Å². The number of anilines is 2. The van der Waals surface area contributed by atoms with Crippen LogP contribution in [0.4, 0.5) is 22.7 Å². The van der Waals surface area contributed by atoms with Crippen LogP contribution in [0.25, 0.3) is 0 Å². The molecule has 0 atom stereocenters. The number of amides is 3. The summed E-state index contributed by atoms with van der Waals surface area (Å²) in [6, 6.07) is 30.5. The number of rotatable bonds is 9. The third-order valence-corrected chi connectivity index (χ3v) is 8.92. The number of nitrogens with zero attached hydrogens (tertiary/aromatic N) is 3. The van der Waals surface area contributed by atoms with Crippen LogP contribution in [0.3, 0.4) is 0 Å². The van der Waals surface area contributed by atoms with E-state index in [1.807, 2.05) is 0 Å². The van der Waals surface area contributed by atoms with Crippen LogP contribution in [-0.2, 0) is 0 Å². The summed E-state index contributed by atoms with van der Waals surface area (Å²) in [6.45, 7) is 0. The topological polar surface area (TPSA) is 153 Å². The zero-order valence-corrected chi connectivity index (χ0v) is 25.1. The molecule has 3 amide bonds. The first-order valence-electron chi connectivity index (χ1n) is 13.6. The Morgan fingerprint density at radius 3 is 1.70 bits per heavy atom. The van der Waals surface area contributed by atoms with Crippen LogP contribution in [0, 0.1) is 20.2 Å². The van der Waals surface area contributed by atoms with Gasteiger partial charge in [0.15, 0.2) is 0 Å². The molecule has 226 valence electrons. The Balaban J connectivity index is 1.13.